The molecule has 230 valence electrons. The van der Waals surface area contributed by atoms with Gasteiger partial charge in [-0.25, -0.2) is 0 Å². The number of rotatable bonds is 14. The fourth-order valence-electron chi connectivity index (χ4n) is 5.27. The zero-order valence-corrected chi connectivity index (χ0v) is 31.6. The Morgan fingerprint density at radius 3 is 1.50 bits per heavy atom. The summed E-state index contributed by atoms with van der Waals surface area (Å²) in [6, 6.07) is 7.31. The van der Waals surface area contributed by atoms with Crippen molar-refractivity contribution >= 4 is 44.2 Å². The van der Waals surface area contributed by atoms with Crippen LogP contribution in [0.25, 0.3) is 0 Å². The molecule has 40 heavy (non-hydrogen) atoms. The maximum atomic E-state index is 3.93. The molecular weight excluding hydrogens is 669 g/mol. The summed E-state index contributed by atoms with van der Waals surface area (Å²) in [5.74, 6) is 2.87. The molecule has 0 saturated heterocycles. The molecule has 3 nitrogen and oxygen atoms in total. The fourth-order valence-corrected chi connectivity index (χ4v) is 8.95. The van der Waals surface area contributed by atoms with Crippen LogP contribution in [-0.4, -0.2) is 31.7 Å². The van der Waals surface area contributed by atoms with Crippen molar-refractivity contribution in [2.75, 3.05) is 37.4 Å². The Kier molecular flexibility index (Phi) is 14.1. The van der Waals surface area contributed by atoms with Crippen molar-refractivity contribution in [3.63, 3.8) is 0 Å². The van der Waals surface area contributed by atoms with E-state index >= 15 is 0 Å². The van der Waals surface area contributed by atoms with Crippen LogP contribution in [0.3, 0.4) is 0 Å². The summed E-state index contributed by atoms with van der Waals surface area (Å²) < 4.78 is 1.45. The van der Waals surface area contributed by atoms with Gasteiger partial charge in [-0.05, 0) is 11.5 Å². The van der Waals surface area contributed by atoms with Gasteiger partial charge in [-0.1, -0.05) is 41.5 Å². The number of benzene rings is 2. The molecule has 0 aliphatic rings. The molecule has 0 bridgehead atoms. The van der Waals surface area contributed by atoms with E-state index in [0.717, 1.165) is 19.8 Å². The summed E-state index contributed by atoms with van der Waals surface area (Å²) in [5, 5.41) is 7.76. The van der Waals surface area contributed by atoms with Gasteiger partial charge in [0, 0.05) is 0 Å². The van der Waals surface area contributed by atoms with Crippen molar-refractivity contribution in [3.05, 3.63) is 51.6 Å². The van der Waals surface area contributed by atoms with Crippen LogP contribution in [0.5, 0.6) is 0 Å². The van der Waals surface area contributed by atoms with Crippen molar-refractivity contribution in [1.29, 1.82) is 0 Å². The van der Waals surface area contributed by atoms with Crippen molar-refractivity contribution < 1.29 is 10.1 Å². The van der Waals surface area contributed by atoms with E-state index in [9.17, 15) is 0 Å². The van der Waals surface area contributed by atoms with Crippen LogP contribution in [0.2, 0.25) is 0 Å². The number of nitrogens with zero attached hydrogens (tertiary/aromatic N) is 1. The Labute approximate surface area is 265 Å². The molecule has 2 N–H and O–H groups in total. The van der Waals surface area contributed by atoms with Gasteiger partial charge in [-0.2, -0.15) is 0 Å². The van der Waals surface area contributed by atoms with Crippen LogP contribution in [0.15, 0.2) is 18.2 Å². The molecule has 0 radical (unpaired) electrons. The Balaban J connectivity index is 2.30. The van der Waals surface area contributed by atoms with Crippen molar-refractivity contribution in [2.24, 2.45) is 0 Å². The third kappa shape index (κ3) is 8.98. The third-order valence-electron chi connectivity index (χ3n) is 7.73. The molecule has 2 aromatic rings. The van der Waals surface area contributed by atoms with Crippen molar-refractivity contribution in [2.45, 2.75) is 119 Å². The molecule has 0 aliphatic carbocycles. The van der Waals surface area contributed by atoms with Crippen LogP contribution >= 0.6 is 28.3 Å². The topological polar surface area (TPSA) is 27.3 Å². The first-order chi connectivity index (χ1) is 18.6. The fraction of sp³-hybridized carbons (Fsp3) is 0.647. The number of anilines is 2. The smallest absolute Gasteiger partial charge is 0.0586 e. The molecule has 0 aliphatic heterocycles. The van der Waals surface area contributed by atoms with E-state index in [1.807, 2.05) is 0 Å². The van der Waals surface area contributed by atoms with E-state index in [1.54, 1.807) is 0 Å². The summed E-state index contributed by atoms with van der Waals surface area (Å²) in [5.41, 5.74) is 11.3. The Bertz CT molecular complexity index is 1080. The zero-order valence-electron chi connectivity index (χ0n) is 27.4. The third-order valence-corrected chi connectivity index (χ3v) is 10.9. The van der Waals surface area contributed by atoms with Crippen molar-refractivity contribution in [3.8, 4) is 0 Å². The summed E-state index contributed by atoms with van der Waals surface area (Å²) >= 11 is 7.86. The average molecular weight is 726 g/mol. The van der Waals surface area contributed by atoms with E-state index < -0.39 is 10.1 Å². The molecule has 2 aromatic carbocycles. The second-order valence-corrected chi connectivity index (χ2v) is 21.5. The quantitative estimate of drug-likeness (QED) is 0.190. The van der Waals surface area contributed by atoms with E-state index in [4.69, 9.17) is 0 Å². The molecule has 6 heteroatoms. The maximum absolute atomic E-state index is 3.93. The molecule has 0 spiro atoms. The molecule has 0 heterocycles. The predicted molar refractivity (Wildman–Crippen MR) is 185 cm³/mol. The molecule has 0 amide bonds. The Morgan fingerprint density at radius 2 is 1.10 bits per heavy atom. The first kappa shape index (κ1) is 35.7. The molecule has 0 fully saturated rings. The molecule has 2 rings (SSSR count). The monoisotopic (exact) mass is 723 g/mol. The molecule has 0 atom stereocenters. The zero-order chi connectivity index (χ0) is 30.5. The second kappa shape index (κ2) is 15.8. The number of nitrogens with one attached hydrogen (secondary N) is 2. The summed E-state index contributed by atoms with van der Waals surface area (Å²) in [4.78, 5) is 2.40. The first-order valence-electron chi connectivity index (χ1n) is 15.1. The van der Waals surface area contributed by atoms with E-state index in [-0.39, 0.29) is 0 Å². The number of likely N-dealkylation sites (N-methyl/N-ethyl adjacent to an activating group) is 1. The van der Waals surface area contributed by atoms with Gasteiger partial charge < -0.3 is 0 Å². The van der Waals surface area contributed by atoms with Gasteiger partial charge in [0.2, 0.25) is 0 Å². The van der Waals surface area contributed by atoms with Crippen LogP contribution in [0.1, 0.15) is 152 Å². The van der Waals surface area contributed by atoms with E-state index in [0.29, 0.717) is 35.5 Å². The van der Waals surface area contributed by atoms with Gasteiger partial charge in [0.15, 0.2) is 0 Å². The van der Waals surface area contributed by atoms with E-state index in [1.165, 1.54) is 49.3 Å². The summed E-state index contributed by atoms with van der Waals surface area (Å²) in [6.07, 6.45) is 0. The van der Waals surface area contributed by atoms with Gasteiger partial charge >= 0.3 is 214 Å². The minimum absolute atomic E-state index is 0.429. The predicted octanol–water partition coefficient (Wildman–Crippen LogP) is 10.7. The number of hydrogen-bond donors (Lipinski definition) is 2. The van der Waals surface area contributed by atoms with Gasteiger partial charge in [0.25, 0.3) is 0 Å². The van der Waals surface area contributed by atoms with Gasteiger partial charge in [-0.3, -0.25) is 0 Å². The Hall–Kier alpha value is -0.534. The molecular formula is C34H56Br2CoN3. The number of hydrogen-bond acceptors (Lipinski definition) is 3. The molecule has 0 unspecified atom stereocenters. The average Bonchev–Trinajstić information content (AvgIpc) is 2.85. The van der Waals surface area contributed by atoms with Crippen LogP contribution < -0.4 is 15.1 Å². The number of halogens is 2. The standard InChI is InChI=1S/C34H56N3.2BrH.Co/c1-21(2)27-16-29(23(5)6)33(30(17-27)24(7)8)35-14-15-37(13)20-36-34-31(25(9)10)18-28(22(3)4)19-32(34)26(11)12;;;/h16-18,21-26,35-36H,14-15,20H2,1-13H3;2*1H;/q;;;+2/p-2. The second-order valence-electron chi connectivity index (χ2n) is 13.2. The van der Waals surface area contributed by atoms with Crippen molar-refractivity contribution in [1.82, 2.24) is 4.90 Å². The molecule has 0 aromatic heterocycles. The Morgan fingerprint density at radius 1 is 0.625 bits per heavy atom. The summed E-state index contributed by atoms with van der Waals surface area (Å²) in [7, 11) is 1.67. The minimum atomic E-state index is -0.549. The van der Waals surface area contributed by atoms with Gasteiger partial charge in [0.05, 0.1) is 0 Å². The van der Waals surface area contributed by atoms with Crippen LogP contribution in [-0.2, 0) is 10.1 Å². The van der Waals surface area contributed by atoms with Crippen LogP contribution in [0.4, 0.5) is 11.4 Å². The van der Waals surface area contributed by atoms with E-state index in [2.05, 4.69) is 152 Å². The first-order valence-corrected chi connectivity index (χ1v) is 20.8. The normalized spacial score (nSPS) is 12.7. The SMILES string of the molecule is CC(C)c1cc(C(C)C)c(NCCN(C)CNc2c(C(C)C)cc(C(C)C)[c]([Co]([Br])[Br])c2C(C)C)c(C(C)C)c1. The summed E-state index contributed by atoms with van der Waals surface area (Å²) in [6.45, 7) is 30.4. The van der Waals surface area contributed by atoms with Gasteiger partial charge in [0.1, 0.15) is 0 Å². The van der Waals surface area contributed by atoms with Crippen LogP contribution in [0, 0.1) is 0 Å². The molecule has 0 saturated carbocycles. The van der Waals surface area contributed by atoms with Gasteiger partial charge in [-0.15, -0.1) is 0 Å². The minimum Gasteiger partial charge on any atom is -0.0586 e.